The van der Waals surface area contributed by atoms with Crippen LogP contribution >= 0.6 is 0 Å². The molecule has 1 unspecified atom stereocenters. The number of urea groups is 1. The molecule has 26 heavy (non-hydrogen) atoms. The molecule has 2 N–H and O–H groups in total. The van der Waals surface area contributed by atoms with Crippen molar-refractivity contribution in [3.63, 3.8) is 0 Å². The van der Waals surface area contributed by atoms with Crippen LogP contribution in [0.1, 0.15) is 58.6 Å². The van der Waals surface area contributed by atoms with Crippen molar-refractivity contribution < 1.29 is 19.1 Å². The van der Waals surface area contributed by atoms with Crippen LogP contribution in [0.5, 0.6) is 5.75 Å². The number of hydrogen-bond donors (Lipinski definition) is 2. The van der Waals surface area contributed by atoms with Gasteiger partial charge in [0.25, 0.3) is 0 Å². The van der Waals surface area contributed by atoms with E-state index in [1.807, 2.05) is 45.0 Å². The van der Waals surface area contributed by atoms with Gasteiger partial charge in [-0.15, -0.1) is 0 Å². The molecule has 0 fully saturated rings. The van der Waals surface area contributed by atoms with Gasteiger partial charge in [0.2, 0.25) is 0 Å². The fourth-order valence-electron chi connectivity index (χ4n) is 2.86. The molecular formula is C20H28N2O4. The number of amides is 2. The van der Waals surface area contributed by atoms with Crippen molar-refractivity contribution in [2.75, 3.05) is 6.61 Å². The van der Waals surface area contributed by atoms with Crippen LogP contribution in [0, 0.1) is 0 Å². The monoisotopic (exact) mass is 360 g/mol. The second-order valence-electron chi connectivity index (χ2n) is 6.48. The summed E-state index contributed by atoms with van der Waals surface area (Å²) in [5.41, 5.74) is 1.92. The van der Waals surface area contributed by atoms with E-state index in [-0.39, 0.29) is 12.1 Å². The minimum absolute atomic E-state index is 0.235. The van der Waals surface area contributed by atoms with Gasteiger partial charge in [0.05, 0.1) is 24.3 Å². The second-order valence-corrected chi connectivity index (χ2v) is 6.48. The van der Waals surface area contributed by atoms with E-state index in [2.05, 4.69) is 17.6 Å². The lowest BCUT2D eigenvalue weighted by Crippen LogP contribution is -2.46. The molecule has 0 aliphatic carbocycles. The third kappa shape index (κ3) is 5.00. The molecule has 1 atom stereocenters. The Hall–Kier alpha value is -2.50. The van der Waals surface area contributed by atoms with Gasteiger partial charge in [0, 0.05) is 5.70 Å². The van der Waals surface area contributed by atoms with E-state index in [1.165, 1.54) is 0 Å². The van der Waals surface area contributed by atoms with Crippen molar-refractivity contribution in [3.05, 3.63) is 41.1 Å². The van der Waals surface area contributed by atoms with Gasteiger partial charge >= 0.3 is 12.0 Å². The van der Waals surface area contributed by atoms with Crippen molar-refractivity contribution in [2.24, 2.45) is 0 Å². The van der Waals surface area contributed by atoms with Crippen molar-refractivity contribution in [2.45, 2.75) is 59.1 Å². The Labute approximate surface area is 154 Å². The van der Waals surface area contributed by atoms with E-state index in [9.17, 15) is 9.59 Å². The predicted octanol–water partition coefficient (Wildman–Crippen LogP) is 3.84. The van der Waals surface area contributed by atoms with Crippen molar-refractivity contribution >= 4 is 12.0 Å². The largest absolute Gasteiger partial charge is 0.494 e. The maximum atomic E-state index is 12.7. The first kappa shape index (κ1) is 19.8. The quantitative estimate of drug-likeness (QED) is 0.691. The highest BCUT2D eigenvalue weighted by atomic mass is 16.5. The molecule has 2 amide bonds. The maximum absolute atomic E-state index is 12.7. The molecule has 1 aliphatic heterocycles. The normalized spacial score (nSPS) is 17.0. The number of carbonyl (C=O) groups excluding carboxylic acids is 2. The van der Waals surface area contributed by atoms with Gasteiger partial charge in [-0.1, -0.05) is 25.5 Å². The molecule has 1 aromatic carbocycles. The van der Waals surface area contributed by atoms with Gasteiger partial charge in [-0.25, -0.2) is 9.59 Å². The zero-order valence-corrected chi connectivity index (χ0v) is 15.9. The first-order valence-electron chi connectivity index (χ1n) is 9.20. The SMILES string of the molecule is CCCCC1=C(C(=O)OC(C)C)C(c2ccc(OCC)cc2)NC(=O)N1. The predicted molar refractivity (Wildman–Crippen MR) is 99.8 cm³/mol. The fourth-order valence-corrected chi connectivity index (χ4v) is 2.86. The number of carbonyl (C=O) groups is 2. The standard InChI is InChI=1S/C20H28N2O4/c1-5-7-8-16-17(19(23)26-13(3)4)18(22-20(24)21-16)14-9-11-15(12-10-14)25-6-2/h9-13,18H,5-8H2,1-4H3,(H2,21,22,24). The zero-order chi connectivity index (χ0) is 19.1. The summed E-state index contributed by atoms with van der Waals surface area (Å²) in [6, 6.07) is 6.55. The van der Waals surface area contributed by atoms with Crippen LogP contribution in [-0.2, 0) is 9.53 Å². The lowest BCUT2D eigenvalue weighted by atomic mass is 9.93. The Kier molecular flexibility index (Phi) is 7.06. The summed E-state index contributed by atoms with van der Waals surface area (Å²) in [5, 5.41) is 5.64. The Bertz CT molecular complexity index is 665. The van der Waals surface area contributed by atoms with Crippen LogP contribution in [0.2, 0.25) is 0 Å². The summed E-state index contributed by atoms with van der Waals surface area (Å²) in [5.74, 6) is 0.343. The highest BCUT2D eigenvalue weighted by Crippen LogP contribution is 2.30. The van der Waals surface area contributed by atoms with E-state index >= 15 is 0 Å². The number of unbranched alkanes of at least 4 members (excludes halogenated alkanes) is 1. The molecule has 2 rings (SSSR count). The third-order valence-electron chi connectivity index (χ3n) is 4.02. The van der Waals surface area contributed by atoms with Gasteiger partial charge in [-0.2, -0.15) is 0 Å². The highest BCUT2D eigenvalue weighted by Gasteiger charge is 2.33. The molecule has 6 heteroatoms. The molecule has 1 heterocycles. The van der Waals surface area contributed by atoms with Crippen LogP contribution in [0.4, 0.5) is 4.79 Å². The van der Waals surface area contributed by atoms with Gasteiger partial charge < -0.3 is 20.1 Å². The number of esters is 1. The molecule has 0 saturated carbocycles. The first-order valence-corrected chi connectivity index (χ1v) is 9.20. The Morgan fingerprint density at radius 2 is 1.88 bits per heavy atom. The highest BCUT2D eigenvalue weighted by molar-refractivity contribution is 5.95. The van der Waals surface area contributed by atoms with Gasteiger partial charge in [-0.3, -0.25) is 0 Å². The molecule has 0 saturated heterocycles. The van der Waals surface area contributed by atoms with E-state index in [1.54, 1.807) is 0 Å². The Morgan fingerprint density at radius 1 is 1.19 bits per heavy atom. The number of rotatable bonds is 8. The second kappa shape index (κ2) is 9.27. The van der Waals surface area contributed by atoms with Gasteiger partial charge in [-0.05, 0) is 51.3 Å². The van der Waals surface area contributed by atoms with Crippen LogP contribution in [-0.4, -0.2) is 24.7 Å². The molecule has 0 bridgehead atoms. The Morgan fingerprint density at radius 3 is 2.46 bits per heavy atom. The average molecular weight is 360 g/mol. The molecule has 0 aromatic heterocycles. The average Bonchev–Trinajstić information content (AvgIpc) is 2.59. The molecular weight excluding hydrogens is 332 g/mol. The molecule has 0 radical (unpaired) electrons. The lowest BCUT2D eigenvalue weighted by Gasteiger charge is -2.30. The van der Waals surface area contributed by atoms with Crippen LogP contribution in [0.3, 0.4) is 0 Å². The number of nitrogens with one attached hydrogen (secondary N) is 2. The summed E-state index contributed by atoms with van der Waals surface area (Å²) >= 11 is 0. The summed E-state index contributed by atoms with van der Waals surface area (Å²) in [4.78, 5) is 24.9. The minimum atomic E-state index is -0.544. The fraction of sp³-hybridized carbons (Fsp3) is 0.500. The zero-order valence-electron chi connectivity index (χ0n) is 15.9. The molecule has 0 spiro atoms. The number of allylic oxidation sites excluding steroid dienone is 1. The van der Waals surface area contributed by atoms with Gasteiger partial charge in [0.15, 0.2) is 0 Å². The summed E-state index contributed by atoms with van der Waals surface area (Å²) in [7, 11) is 0. The van der Waals surface area contributed by atoms with Gasteiger partial charge in [0.1, 0.15) is 5.75 Å². The van der Waals surface area contributed by atoms with Crippen LogP contribution < -0.4 is 15.4 Å². The number of benzene rings is 1. The molecule has 142 valence electrons. The molecule has 1 aliphatic rings. The minimum Gasteiger partial charge on any atom is -0.494 e. The molecule has 1 aromatic rings. The van der Waals surface area contributed by atoms with E-state index in [0.29, 0.717) is 24.3 Å². The number of ether oxygens (including phenoxy) is 2. The van der Waals surface area contributed by atoms with Crippen LogP contribution in [0.15, 0.2) is 35.5 Å². The van der Waals surface area contributed by atoms with E-state index < -0.39 is 12.0 Å². The third-order valence-corrected chi connectivity index (χ3v) is 4.02. The van der Waals surface area contributed by atoms with E-state index in [0.717, 1.165) is 24.2 Å². The van der Waals surface area contributed by atoms with Crippen molar-refractivity contribution in [3.8, 4) is 5.75 Å². The maximum Gasteiger partial charge on any atom is 0.338 e. The van der Waals surface area contributed by atoms with Crippen molar-refractivity contribution in [1.82, 2.24) is 10.6 Å². The summed E-state index contributed by atoms with van der Waals surface area (Å²) in [6.07, 6.45) is 2.23. The summed E-state index contributed by atoms with van der Waals surface area (Å²) in [6.45, 7) is 8.19. The summed E-state index contributed by atoms with van der Waals surface area (Å²) < 4.78 is 10.9. The topological polar surface area (TPSA) is 76.7 Å². The van der Waals surface area contributed by atoms with Crippen molar-refractivity contribution in [1.29, 1.82) is 0 Å². The molecule has 6 nitrogen and oxygen atoms in total. The van der Waals surface area contributed by atoms with Crippen LogP contribution in [0.25, 0.3) is 0 Å². The lowest BCUT2D eigenvalue weighted by molar-refractivity contribution is -0.143. The van der Waals surface area contributed by atoms with E-state index in [4.69, 9.17) is 9.47 Å². The Balaban J connectivity index is 2.41. The smallest absolute Gasteiger partial charge is 0.338 e. The first-order chi connectivity index (χ1) is 12.5. The number of hydrogen-bond acceptors (Lipinski definition) is 4.